The minimum absolute atomic E-state index is 0.199. The number of nitrogens with one attached hydrogen (secondary N) is 2. The van der Waals surface area contributed by atoms with Crippen LogP contribution in [-0.2, 0) is 6.54 Å². The lowest BCUT2D eigenvalue weighted by Gasteiger charge is -2.05. The van der Waals surface area contributed by atoms with Gasteiger partial charge in [0.25, 0.3) is 5.91 Å². The molecule has 0 unspecified atom stereocenters. The molecule has 4 aromatic rings. The SMILES string of the molecule is O=C(O)Oc1cc2c(NC(=O)c3ccc(Cn4cccn4)cc3)n[nH]c2s1. The van der Waals surface area contributed by atoms with Crippen LogP contribution < -0.4 is 10.1 Å². The summed E-state index contributed by atoms with van der Waals surface area (Å²) in [5, 5.41) is 23.1. The Labute approximate surface area is 156 Å². The summed E-state index contributed by atoms with van der Waals surface area (Å²) < 4.78 is 6.42. The highest BCUT2D eigenvalue weighted by Gasteiger charge is 2.15. The quantitative estimate of drug-likeness (QED) is 0.455. The number of thiophene rings is 1. The van der Waals surface area contributed by atoms with E-state index in [9.17, 15) is 9.59 Å². The van der Waals surface area contributed by atoms with Crippen molar-refractivity contribution in [3.63, 3.8) is 0 Å². The molecule has 4 rings (SSSR count). The van der Waals surface area contributed by atoms with Crippen LogP contribution in [0.3, 0.4) is 0 Å². The van der Waals surface area contributed by atoms with Crippen molar-refractivity contribution in [3.05, 3.63) is 59.9 Å². The molecule has 136 valence electrons. The number of fused-ring (bicyclic) bond motifs is 1. The number of ether oxygens (including phenoxy) is 1. The number of hydrogen-bond donors (Lipinski definition) is 3. The van der Waals surface area contributed by atoms with E-state index in [2.05, 4.69) is 25.3 Å². The van der Waals surface area contributed by atoms with Crippen LogP contribution >= 0.6 is 11.3 Å². The molecule has 0 saturated carbocycles. The van der Waals surface area contributed by atoms with E-state index < -0.39 is 6.16 Å². The van der Waals surface area contributed by atoms with Crippen LogP contribution in [0.15, 0.2) is 48.8 Å². The molecular weight excluding hydrogens is 370 g/mol. The number of nitrogens with zero attached hydrogens (tertiary/aromatic N) is 3. The zero-order valence-electron chi connectivity index (χ0n) is 13.7. The molecule has 1 amide bonds. The molecule has 0 aliphatic heterocycles. The average molecular weight is 383 g/mol. The molecule has 27 heavy (non-hydrogen) atoms. The summed E-state index contributed by atoms with van der Waals surface area (Å²) in [6, 6.07) is 10.5. The van der Waals surface area contributed by atoms with Crippen LogP contribution in [0.4, 0.5) is 10.6 Å². The monoisotopic (exact) mass is 383 g/mol. The van der Waals surface area contributed by atoms with Crippen LogP contribution in [0.2, 0.25) is 0 Å². The lowest BCUT2D eigenvalue weighted by molar-refractivity contribution is 0.102. The van der Waals surface area contributed by atoms with Gasteiger partial charge in [-0.25, -0.2) is 4.79 Å². The molecule has 0 atom stereocenters. The smallest absolute Gasteiger partial charge is 0.449 e. The summed E-state index contributed by atoms with van der Waals surface area (Å²) in [7, 11) is 0. The van der Waals surface area contributed by atoms with Gasteiger partial charge in [0.2, 0.25) is 0 Å². The van der Waals surface area contributed by atoms with E-state index in [0.717, 1.165) is 16.9 Å². The van der Waals surface area contributed by atoms with E-state index in [4.69, 9.17) is 5.11 Å². The van der Waals surface area contributed by atoms with E-state index in [1.807, 2.05) is 24.4 Å². The fraction of sp³-hybridized carbons (Fsp3) is 0.0588. The Morgan fingerprint density at radius 1 is 1.30 bits per heavy atom. The summed E-state index contributed by atoms with van der Waals surface area (Å²) in [6.45, 7) is 0.621. The number of benzene rings is 1. The third kappa shape index (κ3) is 3.65. The number of aromatic amines is 1. The van der Waals surface area contributed by atoms with Crippen molar-refractivity contribution in [2.24, 2.45) is 0 Å². The number of anilines is 1. The Bertz CT molecular complexity index is 1100. The number of carbonyl (C=O) groups excluding carboxylic acids is 1. The predicted octanol–water partition coefficient (Wildman–Crippen LogP) is 3.18. The maximum Gasteiger partial charge on any atom is 0.512 e. The van der Waals surface area contributed by atoms with Crippen molar-refractivity contribution in [1.82, 2.24) is 20.0 Å². The van der Waals surface area contributed by atoms with E-state index in [0.29, 0.717) is 28.1 Å². The second-order valence-electron chi connectivity index (χ2n) is 5.60. The molecule has 3 aromatic heterocycles. The highest BCUT2D eigenvalue weighted by atomic mass is 32.1. The highest BCUT2D eigenvalue weighted by Crippen LogP contribution is 2.34. The molecular formula is C17H13N5O4S. The second-order valence-corrected chi connectivity index (χ2v) is 6.62. The maximum atomic E-state index is 12.5. The molecule has 0 spiro atoms. The molecule has 3 heterocycles. The van der Waals surface area contributed by atoms with Gasteiger partial charge in [0.05, 0.1) is 11.9 Å². The van der Waals surface area contributed by atoms with Crippen LogP contribution in [0.25, 0.3) is 10.2 Å². The number of amides is 1. The fourth-order valence-corrected chi connectivity index (χ4v) is 3.40. The molecule has 9 nitrogen and oxygen atoms in total. The minimum Gasteiger partial charge on any atom is -0.449 e. The Morgan fingerprint density at radius 3 is 2.81 bits per heavy atom. The third-order valence-corrected chi connectivity index (χ3v) is 4.69. The van der Waals surface area contributed by atoms with Crippen LogP contribution in [0, 0.1) is 0 Å². The summed E-state index contributed by atoms with van der Waals surface area (Å²) in [5.41, 5.74) is 1.50. The average Bonchev–Trinajstić information content (AvgIpc) is 3.34. The second kappa shape index (κ2) is 6.92. The number of carbonyl (C=O) groups is 2. The van der Waals surface area contributed by atoms with Crippen molar-refractivity contribution in [3.8, 4) is 5.06 Å². The van der Waals surface area contributed by atoms with Gasteiger partial charge in [0, 0.05) is 24.0 Å². The van der Waals surface area contributed by atoms with Crippen LogP contribution in [-0.4, -0.2) is 37.1 Å². The Kier molecular flexibility index (Phi) is 4.30. The van der Waals surface area contributed by atoms with Gasteiger partial charge in [-0.2, -0.15) is 10.2 Å². The highest BCUT2D eigenvalue weighted by molar-refractivity contribution is 7.20. The first kappa shape index (κ1) is 16.8. The number of aromatic nitrogens is 4. The molecule has 0 aliphatic carbocycles. The van der Waals surface area contributed by atoms with E-state index >= 15 is 0 Å². The fourth-order valence-electron chi connectivity index (χ4n) is 2.55. The van der Waals surface area contributed by atoms with Crippen molar-refractivity contribution in [2.45, 2.75) is 6.54 Å². The van der Waals surface area contributed by atoms with Crippen molar-refractivity contribution >= 4 is 39.4 Å². The zero-order valence-corrected chi connectivity index (χ0v) is 14.6. The van der Waals surface area contributed by atoms with Crippen molar-refractivity contribution in [2.75, 3.05) is 5.32 Å². The topological polar surface area (TPSA) is 122 Å². The minimum atomic E-state index is -1.40. The first-order valence-electron chi connectivity index (χ1n) is 7.85. The maximum absolute atomic E-state index is 12.5. The molecule has 0 saturated heterocycles. The first-order chi connectivity index (χ1) is 13.1. The Morgan fingerprint density at radius 2 is 2.11 bits per heavy atom. The van der Waals surface area contributed by atoms with Gasteiger partial charge in [-0.05, 0) is 23.8 Å². The normalized spacial score (nSPS) is 10.8. The molecule has 0 radical (unpaired) electrons. The molecule has 0 aliphatic rings. The van der Waals surface area contributed by atoms with Gasteiger partial charge in [0.1, 0.15) is 4.83 Å². The van der Waals surface area contributed by atoms with Gasteiger partial charge < -0.3 is 15.2 Å². The van der Waals surface area contributed by atoms with Gasteiger partial charge >= 0.3 is 6.16 Å². The number of rotatable bonds is 5. The number of H-pyrrole nitrogens is 1. The van der Waals surface area contributed by atoms with E-state index in [1.165, 1.54) is 6.07 Å². The van der Waals surface area contributed by atoms with Gasteiger partial charge in [-0.15, -0.1) is 0 Å². The van der Waals surface area contributed by atoms with Crippen LogP contribution in [0.5, 0.6) is 5.06 Å². The largest absolute Gasteiger partial charge is 0.512 e. The van der Waals surface area contributed by atoms with Gasteiger partial charge in [-0.3, -0.25) is 14.6 Å². The van der Waals surface area contributed by atoms with Gasteiger partial charge in [0.15, 0.2) is 10.9 Å². The van der Waals surface area contributed by atoms with E-state index in [-0.39, 0.29) is 11.0 Å². The van der Waals surface area contributed by atoms with E-state index in [1.54, 1.807) is 23.0 Å². The van der Waals surface area contributed by atoms with Crippen LogP contribution in [0.1, 0.15) is 15.9 Å². The first-order valence-corrected chi connectivity index (χ1v) is 8.66. The Balaban J connectivity index is 1.47. The molecule has 0 bridgehead atoms. The lowest BCUT2D eigenvalue weighted by Crippen LogP contribution is -2.12. The molecule has 10 heteroatoms. The standard InChI is InChI=1S/C17H13N5O4S/c23-15(11-4-2-10(3-5-11)9-22-7-1-6-18-22)19-14-12-8-13(26-17(24)25)27-16(12)21-20-14/h1-8H,9H2,(H,24,25)(H2,19,20,21,23). The predicted molar refractivity (Wildman–Crippen MR) is 98.3 cm³/mol. The summed E-state index contributed by atoms with van der Waals surface area (Å²) in [6.07, 6.45) is 2.18. The van der Waals surface area contributed by atoms with Crippen molar-refractivity contribution in [1.29, 1.82) is 0 Å². The van der Waals surface area contributed by atoms with Crippen molar-refractivity contribution < 1.29 is 19.4 Å². The number of hydrogen-bond acceptors (Lipinski definition) is 6. The summed E-state index contributed by atoms with van der Waals surface area (Å²) in [4.78, 5) is 23.7. The van der Waals surface area contributed by atoms with Gasteiger partial charge in [-0.1, -0.05) is 23.5 Å². The summed E-state index contributed by atoms with van der Waals surface area (Å²) >= 11 is 1.09. The Hall–Kier alpha value is -3.66. The number of carboxylic acid groups (broad SMARTS) is 1. The summed E-state index contributed by atoms with van der Waals surface area (Å²) in [5.74, 6) is -0.00644. The zero-order chi connectivity index (χ0) is 18.8. The molecule has 0 fully saturated rings. The molecule has 1 aromatic carbocycles. The third-order valence-electron chi connectivity index (χ3n) is 3.77. The lowest BCUT2D eigenvalue weighted by atomic mass is 10.1. The molecule has 3 N–H and O–H groups in total.